The van der Waals surface area contributed by atoms with Crippen LogP contribution in [0.15, 0.2) is 78.9 Å². The van der Waals surface area contributed by atoms with Crippen LogP contribution in [0.1, 0.15) is 18.5 Å². The van der Waals surface area contributed by atoms with Crippen LogP contribution in [0.5, 0.6) is 0 Å². The Hall–Kier alpha value is -3.90. The summed E-state index contributed by atoms with van der Waals surface area (Å²) in [4.78, 5) is 26.8. The lowest BCUT2D eigenvalue weighted by molar-refractivity contribution is -0.121. The van der Waals surface area contributed by atoms with Gasteiger partial charge >= 0.3 is 0 Å². The zero-order valence-electron chi connectivity index (χ0n) is 18.9. The molecule has 170 valence electrons. The predicted octanol–water partition coefficient (Wildman–Crippen LogP) is 5.56. The molecule has 6 rings (SSSR count). The Kier molecular flexibility index (Phi) is 5.35. The van der Waals surface area contributed by atoms with Crippen LogP contribution in [0.3, 0.4) is 0 Å². The minimum Gasteiger partial charge on any atom is -0.357 e. The molecule has 0 spiro atoms. The third-order valence-electron chi connectivity index (χ3n) is 6.75. The number of amides is 1. The number of fused-ring (bicyclic) bond motifs is 2. The van der Waals surface area contributed by atoms with Crippen molar-refractivity contribution in [2.75, 3.05) is 18.4 Å². The number of benzene rings is 3. The summed E-state index contributed by atoms with van der Waals surface area (Å²) in [5.41, 5.74) is 6.20. The summed E-state index contributed by atoms with van der Waals surface area (Å²) in [7, 11) is 0. The Bertz CT molecular complexity index is 1370. The number of piperidine rings is 1. The SMILES string of the molecule is O=C(Nc1ccc(-c2nc3ccccc3[nH]2)cc1)C1CCN(Cc2cc3ccccc3[nH]2)CC1. The van der Waals surface area contributed by atoms with Gasteiger partial charge in [0.15, 0.2) is 0 Å². The molecule has 3 N–H and O–H groups in total. The first-order chi connectivity index (χ1) is 16.7. The molecule has 0 saturated carbocycles. The van der Waals surface area contributed by atoms with E-state index in [1.54, 1.807) is 0 Å². The number of para-hydroxylation sites is 3. The molecule has 6 heteroatoms. The predicted molar refractivity (Wildman–Crippen MR) is 136 cm³/mol. The molecule has 2 aromatic heterocycles. The van der Waals surface area contributed by atoms with Gasteiger partial charge < -0.3 is 15.3 Å². The maximum absolute atomic E-state index is 12.9. The van der Waals surface area contributed by atoms with Crippen LogP contribution in [-0.2, 0) is 11.3 Å². The van der Waals surface area contributed by atoms with Gasteiger partial charge in [0.1, 0.15) is 5.82 Å². The van der Waals surface area contributed by atoms with Crippen molar-refractivity contribution in [3.05, 3.63) is 84.6 Å². The molecular weight excluding hydrogens is 422 g/mol. The molecule has 1 aliphatic heterocycles. The number of carbonyl (C=O) groups excluding carboxylic acids is 1. The van der Waals surface area contributed by atoms with Gasteiger partial charge in [-0.1, -0.05) is 30.3 Å². The molecule has 0 radical (unpaired) electrons. The number of nitrogens with one attached hydrogen (secondary N) is 3. The van der Waals surface area contributed by atoms with Crippen molar-refractivity contribution in [3.8, 4) is 11.4 Å². The molecule has 3 aromatic carbocycles. The standard InChI is InChI=1S/C28H27N5O/c34-28(20-13-15-33(16-14-20)18-23-17-21-5-1-2-6-24(21)29-23)30-22-11-9-19(10-12-22)27-31-25-7-3-4-8-26(25)32-27/h1-12,17,20,29H,13-16,18H2,(H,30,34)(H,31,32). The van der Waals surface area contributed by atoms with Crippen LogP contribution in [0, 0.1) is 5.92 Å². The van der Waals surface area contributed by atoms with Gasteiger partial charge in [0.05, 0.1) is 11.0 Å². The molecule has 3 heterocycles. The number of nitrogens with zero attached hydrogens (tertiary/aromatic N) is 2. The van der Waals surface area contributed by atoms with E-state index >= 15 is 0 Å². The van der Waals surface area contributed by atoms with Gasteiger partial charge in [0, 0.05) is 34.9 Å². The van der Waals surface area contributed by atoms with E-state index in [0.717, 1.165) is 60.6 Å². The number of aromatic nitrogens is 3. The molecule has 0 aliphatic carbocycles. The maximum Gasteiger partial charge on any atom is 0.227 e. The molecule has 0 bridgehead atoms. The third kappa shape index (κ3) is 4.20. The molecular formula is C28H27N5O. The van der Waals surface area contributed by atoms with E-state index in [0.29, 0.717) is 0 Å². The van der Waals surface area contributed by atoms with Gasteiger partial charge in [-0.25, -0.2) is 4.98 Å². The van der Waals surface area contributed by atoms with E-state index in [1.807, 2.05) is 48.5 Å². The number of H-pyrrole nitrogens is 2. The summed E-state index contributed by atoms with van der Waals surface area (Å²) < 4.78 is 0. The smallest absolute Gasteiger partial charge is 0.227 e. The van der Waals surface area contributed by atoms with E-state index in [9.17, 15) is 4.79 Å². The van der Waals surface area contributed by atoms with E-state index in [1.165, 1.54) is 16.6 Å². The van der Waals surface area contributed by atoms with E-state index < -0.39 is 0 Å². The first-order valence-electron chi connectivity index (χ1n) is 11.9. The molecule has 5 aromatic rings. The zero-order valence-corrected chi connectivity index (χ0v) is 18.9. The lowest BCUT2D eigenvalue weighted by atomic mass is 9.95. The summed E-state index contributed by atoms with van der Waals surface area (Å²) in [5.74, 6) is 0.997. The van der Waals surface area contributed by atoms with Crippen LogP contribution in [0.2, 0.25) is 0 Å². The molecule has 1 saturated heterocycles. The van der Waals surface area contributed by atoms with Gasteiger partial charge in [-0.2, -0.15) is 0 Å². The maximum atomic E-state index is 12.9. The van der Waals surface area contributed by atoms with Gasteiger partial charge in [-0.15, -0.1) is 0 Å². The second-order valence-corrected chi connectivity index (χ2v) is 9.10. The van der Waals surface area contributed by atoms with E-state index in [-0.39, 0.29) is 11.8 Å². The highest BCUT2D eigenvalue weighted by Crippen LogP contribution is 2.25. The van der Waals surface area contributed by atoms with Crippen molar-refractivity contribution in [3.63, 3.8) is 0 Å². The van der Waals surface area contributed by atoms with Crippen LogP contribution >= 0.6 is 0 Å². The number of anilines is 1. The highest BCUT2D eigenvalue weighted by Gasteiger charge is 2.25. The van der Waals surface area contributed by atoms with Gasteiger partial charge in [-0.05, 0) is 79.8 Å². The fourth-order valence-corrected chi connectivity index (χ4v) is 4.86. The van der Waals surface area contributed by atoms with Crippen LogP contribution in [0.4, 0.5) is 5.69 Å². The van der Waals surface area contributed by atoms with Crippen molar-refractivity contribution in [1.82, 2.24) is 19.9 Å². The molecule has 0 atom stereocenters. The minimum atomic E-state index is 0.0500. The highest BCUT2D eigenvalue weighted by molar-refractivity contribution is 5.93. The first kappa shape index (κ1) is 20.7. The zero-order chi connectivity index (χ0) is 22.9. The number of aromatic amines is 2. The Labute approximate surface area is 198 Å². The average Bonchev–Trinajstić information content (AvgIpc) is 3.48. The number of rotatable bonds is 5. The Morgan fingerprint density at radius 3 is 2.41 bits per heavy atom. The van der Waals surface area contributed by atoms with Crippen LogP contribution in [0.25, 0.3) is 33.3 Å². The van der Waals surface area contributed by atoms with Crippen molar-refractivity contribution in [2.24, 2.45) is 5.92 Å². The van der Waals surface area contributed by atoms with Crippen molar-refractivity contribution in [2.45, 2.75) is 19.4 Å². The minimum absolute atomic E-state index is 0.0500. The summed E-state index contributed by atoms with van der Waals surface area (Å²) >= 11 is 0. The summed E-state index contributed by atoms with van der Waals surface area (Å²) in [6, 6.07) is 26.5. The molecule has 1 amide bonds. The molecule has 1 fully saturated rings. The Balaban J connectivity index is 1.04. The topological polar surface area (TPSA) is 76.8 Å². The molecule has 1 aliphatic rings. The second-order valence-electron chi connectivity index (χ2n) is 9.10. The Morgan fingerprint density at radius 1 is 0.912 bits per heavy atom. The fraction of sp³-hybridized carbons (Fsp3) is 0.214. The number of imidazole rings is 1. The second kappa shape index (κ2) is 8.80. The number of hydrogen-bond acceptors (Lipinski definition) is 3. The van der Waals surface area contributed by atoms with Crippen LogP contribution < -0.4 is 5.32 Å². The van der Waals surface area contributed by atoms with Crippen molar-refractivity contribution < 1.29 is 4.79 Å². The van der Waals surface area contributed by atoms with Crippen LogP contribution in [-0.4, -0.2) is 38.8 Å². The van der Waals surface area contributed by atoms with Gasteiger partial charge in [-0.3, -0.25) is 9.69 Å². The van der Waals surface area contributed by atoms with E-state index in [2.05, 4.69) is 55.5 Å². The Morgan fingerprint density at radius 2 is 1.65 bits per heavy atom. The monoisotopic (exact) mass is 449 g/mol. The summed E-state index contributed by atoms with van der Waals surface area (Å²) in [6.45, 7) is 2.75. The van der Waals surface area contributed by atoms with E-state index in [4.69, 9.17) is 0 Å². The highest BCUT2D eigenvalue weighted by atomic mass is 16.1. The lowest BCUT2D eigenvalue weighted by Gasteiger charge is -2.30. The molecule has 34 heavy (non-hydrogen) atoms. The van der Waals surface area contributed by atoms with Gasteiger partial charge in [0.25, 0.3) is 0 Å². The summed E-state index contributed by atoms with van der Waals surface area (Å²) in [5, 5.41) is 4.35. The quantitative estimate of drug-likeness (QED) is 0.329. The van der Waals surface area contributed by atoms with Crippen molar-refractivity contribution >= 4 is 33.5 Å². The molecule has 6 nitrogen and oxygen atoms in total. The number of hydrogen-bond donors (Lipinski definition) is 3. The molecule has 0 unspecified atom stereocenters. The largest absolute Gasteiger partial charge is 0.357 e. The lowest BCUT2D eigenvalue weighted by Crippen LogP contribution is -2.37. The fourth-order valence-electron chi connectivity index (χ4n) is 4.86. The average molecular weight is 450 g/mol. The number of likely N-dealkylation sites (tertiary alicyclic amines) is 1. The normalized spacial score (nSPS) is 15.2. The van der Waals surface area contributed by atoms with Crippen molar-refractivity contribution in [1.29, 1.82) is 0 Å². The summed E-state index contributed by atoms with van der Waals surface area (Å²) in [6.07, 6.45) is 1.76. The number of carbonyl (C=O) groups is 1. The third-order valence-corrected chi connectivity index (χ3v) is 6.75. The van der Waals surface area contributed by atoms with Gasteiger partial charge in [0.2, 0.25) is 5.91 Å². The first-order valence-corrected chi connectivity index (χ1v) is 11.9.